The number of aromatic nitrogens is 6. The number of halogens is 4. The van der Waals surface area contributed by atoms with E-state index in [0.29, 0.717) is 10.7 Å². The highest BCUT2D eigenvalue weighted by atomic mass is 35.5. The minimum Gasteiger partial charge on any atom is -0.378 e. The highest BCUT2D eigenvalue weighted by Crippen LogP contribution is 2.31. The Morgan fingerprint density at radius 3 is 2.74 bits per heavy atom. The molecule has 4 rings (SSSR count). The first-order chi connectivity index (χ1) is 16.7. The summed E-state index contributed by atoms with van der Waals surface area (Å²) in [5.41, 5.74) is -2.40. The lowest BCUT2D eigenvalue weighted by Crippen LogP contribution is -2.35. The van der Waals surface area contributed by atoms with E-state index in [1.54, 1.807) is 18.2 Å². The number of pyridine rings is 1. The third kappa shape index (κ3) is 6.28. The van der Waals surface area contributed by atoms with E-state index in [1.807, 2.05) is 23.0 Å². The van der Waals surface area contributed by atoms with Crippen LogP contribution in [-0.2, 0) is 17.5 Å². The molecule has 1 atom stereocenters. The first-order valence-corrected chi connectivity index (χ1v) is 11.3. The van der Waals surface area contributed by atoms with Crippen LogP contribution >= 0.6 is 11.6 Å². The molecular weight excluding hydrogens is 489 g/mol. The van der Waals surface area contributed by atoms with Crippen molar-refractivity contribution in [1.82, 2.24) is 30.2 Å². The molecule has 0 spiro atoms. The molecule has 2 N–H and O–H groups in total. The van der Waals surface area contributed by atoms with E-state index in [-0.39, 0.29) is 19.3 Å². The molecule has 3 aromatic rings. The highest BCUT2D eigenvalue weighted by Gasteiger charge is 2.37. The lowest BCUT2D eigenvalue weighted by molar-refractivity contribution is -0.138. The summed E-state index contributed by atoms with van der Waals surface area (Å²) in [4.78, 5) is 18.1. The first kappa shape index (κ1) is 24.9. The Hall–Kier alpha value is -3.19. The average Bonchev–Trinajstić information content (AvgIpc) is 3.28. The highest BCUT2D eigenvalue weighted by molar-refractivity contribution is 6.30. The van der Waals surface area contributed by atoms with Gasteiger partial charge in [-0.15, -0.1) is 5.10 Å². The van der Waals surface area contributed by atoms with Gasteiger partial charge < -0.3 is 15.0 Å². The third-order valence-corrected chi connectivity index (χ3v) is 5.82. The van der Waals surface area contributed by atoms with Crippen LogP contribution in [0.25, 0.3) is 0 Å². The zero-order valence-corrected chi connectivity index (χ0v) is 19.6. The fraction of sp³-hybridized carbons (Fsp3) is 0.476. The molecule has 1 aliphatic rings. The maximum Gasteiger partial charge on any atom is 0.423 e. The topological polar surface area (TPSA) is 114 Å². The van der Waals surface area contributed by atoms with Crippen LogP contribution in [0.1, 0.15) is 37.1 Å². The van der Waals surface area contributed by atoms with Crippen molar-refractivity contribution >= 4 is 23.1 Å². The zero-order valence-electron chi connectivity index (χ0n) is 18.8. The van der Waals surface area contributed by atoms with Gasteiger partial charge in [0.2, 0.25) is 0 Å². The van der Waals surface area contributed by atoms with Gasteiger partial charge in [0.05, 0.1) is 42.4 Å². The summed E-state index contributed by atoms with van der Waals surface area (Å²) < 4.78 is 46.9. The van der Waals surface area contributed by atoms with Gasteiger partial charge in [-0.05, 0) is 31.9 Å². The number of alkyl halides is 3. The Kier molecular flexibility index (Phi) is 7.55. The summed E-state index contributed by atoms with van der Waals surface area (Å²) in [5, 5.41) is 16.8. The van der Waals surface area contributed by atoms with Crippen molar-refractivity contribution in [2.75, 3.05) is 29.9 Å². The number of ether oxygens (including phenoxy) is 1. The number of H-pyrrole nitrogens is 1. The zero-order chi connectivity index (χ0) is 25.0. The van der Waals surface area contributed by atoms with Gasteiger partial charge in [0, 0.05) is 25.3 Å². The van der Waals surface area contributed by atoms with Crippen molar-refractivity contribution in [2.45, 2.75) is 44.6 Å². The lowest BCUT2D eigenvalue weighted by atomic mass is 10.1. The van der Waals surface area contributed by atoms with Crippen LogP contribution in [0.2, 0.25) is 5.02 Å². The van der Waals surface area contributed by atoms with Gasteiger partial charge in [-0.2, -0.15) is 18.3 Å². The first-order valence-electron chi connectivity index (χ1n) is 11.0. The van der Waals surface area contributed by atoms with E-state index in [2.05, 4.69) is 30.6 Å². The molecule has 1 fully saturated rings. The van der Waals surface area contributed by atoms with E-state index in [0.717, 1.165) is 37.9 Å². The van der Waals surface area contributed by atoms with Crippen LogP contribution in [0.5, 0.6) is 0 Å². The van der Waals surface area contributed by atoms with E-state index in [4.69, 9.17) is 16.3 Å². The molecule has 3 aromatic heterocycles. The second-order valence-corrected chi connectivity index (χ2v) is 8.73. The summed E-state index contributed by atoms with van der Waals surface area (Å²) in [6.45, 7) is 3.53. The minimum absolute atomic E-state index is 0.0867. The molecule has 0 radical (unpaired) electrons. The molecule has 35 heavy (non-hydrogen) atoms. The standard InChI is InChI=1S/C21H24ClF3N8O2/c1-13(28-17-9-27-30-20(34)19(17)21(23,24)25)11-35-12-15-10-33(31-29-15)16-4-6-32(7-5-16)18-3-2-14(22)8-26-18/h2-3,8-10,13,16H,4-7,11-12H2,1H3,(H2,28,30,34). The molecule has 1 unspecified atom stereocenters. The van der Waals surface area contributed by atoms with Gasteiger partial charge in [0.15, 0.2) is 0 Å². The normalized spacial score (nSPS) is 15.9. The van der Waals surface area contributed by atoms with Gasteiger partial charge in [0.1, 0.15) is 17.1 Å². The third-order valence-electron chi connectivity index (χ3n) is 5.59. The van der Waals surface area contributed by atoms with E-state index < -0.39 is 29.0 Å². The van der Waals surface area contributed by atoms with Gasteiger partial charge in [0.25, 0.3) is 5.56 Å². The Morgan fingerprint density at radius 2 is 2.06 bits per heavy atom. The summed E-state index contributed by atoms with van der Waals surface area (Å²) in [6, 6.07) is 3.41. The fourth-order valence-corrected chi connectivity index (χ4v) is 4.02. The largest absolute Gasteiger partial charge is 0.423 e. The maximum absolute atomic E-state index is 13.2. The fourth-order valence-electron chi connectivity index (χ4n) is 3.91. The predicted molar refractivity (Wildman–Crippen MR) is 122 cm³/mol. The second kappa shape index (κ2) is 10.6. The van der Waals surface area contributed by atoms with Gasteiger partial charge >= 0.3 is 6.18 Å². The predicted octanol–water partition coefficient (Wildman–Crippen LogP) is 3.29. The molecule has 1 saturated heterocycles. The van der Waals surface area contributed by atoms with Crippen molar-refractivity contribution in [1.29, 1.82) is 0 Å². The molecule has 0 bridgehead atoms. The van der Waals surface area contributed by atoms with Crippen LogP contribution in [-0.4, -0.2) is 55.9 Å². The Balaban J connectivity index is 1.25. The van der Waals surface area contributed by atoms with Gasteiger partial charge in [-0.1, -0.05) is 16.8 Å². The smallest absolute Gasteiger partial charge is 0.378 e. The van der Waals surface area contributed by atoms with E-state index in [9.17, 15) is 18.0 Å². The van der Waals surface area contributed by atoms with Crippen molar-refractivity contribution in [2.24, 2.45) is 0 Å². The number of nitrogens with zero attached hydrogens (tertiary/aromatic N) is 6. The quantitative estimate of drug-likeness (QED) is 0.472. The van der Waals surface area contributed by atoms with Crippen LogP contribution in [0.3, 0.4) is 0 Å². The number of hydrogen-bond donors (Lipinski definition) is 2. The van der Waals surface area contributed by atoms with Crippen molar-refractivity contribution in [3.05, 3.63) is 57.4 Å². The van der Waals surface area contributed by atoms with Crippen LogP contribution in [0, 0.1) is 0 Å². The second-order valence-electron chi connectivity index (χ2n) is 8.29. The minimum atomic E-state index is -4.81. The summed E-state index contributed by atoms with van der Waals surface area (Å²) in [6.07, 6.45) is 1.33. The molecule has 188 valence electrons. The summed E-state index contributed by atoms with van der Waals surface area (Å²) >= 11 is 5.90. The van der Waals surface area contributed by atoms with Crippen LogP contribution in [0.15, 0.2) is 35.5 Å². The number of anilines is 2. The monoisotopic (exact) mass is 512 g/mol. The van der Waals surface area contributed by atoms with Gasteiger partial charge in [-0.3, -0.25) is 4.79 Å². The Labute approximate surface area is 203 Å². The molecule has 10 nitrogen and oxygen atoms in total. The Bertz CT molecular complexity index is 1180. The number of piperidine rings is 1. The van der Waals surface area contributed by atoms with E-state index >= 15 is 0 Å². The molecule has 0 saturated carbocycles. The van der Waals surface area contributed by atoms with Crippen molar-refractivity contribution in [3.63, 3.8) is 0 Å². The summed E-state index contributed by atoms with van der Waals surface area (Å²) in [7, 11) is 0. The molecule has 14 heteroatoms. The molecule has 4 heterocycles. The van der Waals surface area contributed by atoms with Crippen LogP contribution < -0.4 is 15.8 Å². The SMILES string of the molecule is CC(COCc1cn(C2CCN(c3ccc(Cl)cn3)CC2)nn1)Nc1cn[nH]c(=O)c1C(F)(F)F. The number of nitrogens with one attached hydrogen (secondary N) is 2. The average molecular weight is 513 g/mol. The van der Waals surface area contributed by atoms with E-state index in [1.165, 1.54) is 0 Å². The molecule has 1 aliphatic heterocycles. The molecular formula is C21H24ClF3N8O2. The summed E-state index contributed by atoms with van der Waals surface area (Å²) in [5.74, 6) is 0.890. The molecule has 0 amide bonds. The van der Waals surface area contributed by atoms with Crippen LogP contribution in [0.4, 0.5) is 24.7 Å². The lowest BCUT2D eigenvalue weighted by Gasteiger charge is -2.32. The number of hydrogen-bond acceptors (Lipinski definition) is 8. The number of rotatable bonds is 8. The molecule has 0 aliphatic carbocycles. The number of aromatic amines is 1. The van der Waals surface area contributed by atoms with Gasteiger partial charge in [-0.25, -0.2) is 14.8 Å². The molecule has 0 aromatic carbocycles. The maximum atomic E-state index is 13.2. The van der Waals surface area contributed by atoms with Crippen molar-refractivity contribution < 1.29 is 17.9 Å². The van der Waals surface area contributed by atoms with Crippen molar-refractivity contribution in [3.8, 4) is 0 Å². The Morgan fingerprint density at radius 1 is 1.29 bits per heavy atom.